The summed E-state index contributed by atoms with van der Waals surface area (Å²) >= 11 is 0. The molecular weight excluding hydrogens is 216 g/mol. The van der Waals surface area contributed by atoms with Crippen molar-refractivity contribution in [3.63, 3.8) is 0 Å². The van der Waals surface area contributed by atoms with Gasteiger partial charge < -0.3 is 15.4 Å². The van der Waals surface area contributed by atoms with E-state index in [4.69, 9.17) is 4.74 Å². The highest BCUT2D eigenvalue weighted by atomic mass is 16.5. The topological polar surface area (TPSA) is 50.4 Å². The number of hydrogen-bond donors (Lipinski definition) is 2. The number of carbonyl (C=O) groups excluding carboxylic acids is 1. The van der Waals surface area contributed by atoms with E-state index < -0.39 is 0 Å². The minimum Gasteiger partial charge on any atom is -0.388 e. The molecule has 1 rings (SSSR count). The molecule has 1 amide bonds. The maximum absolute atomic E-state index is 11.8. The number of aryl methyl sites for hydroxylation is 1. The third-order valence-electron chi connectivity index (χ3n) is 2.71. The first-order valence-electron chi connectivity index (χ1n) is 5.68. The van der Waals surface area contributed by atoms with Gasteiger partial charge in [0.05, 0.1) is 6.10 Å². The second-order valence-corrected chi connectivity index (χ2v) is 4.04. The molecule has 0 radical (unpaired) electrons. The van der Waals surface area contributed by atoms with Crippen LogP contribution in [0.1, 0.15) is 22.8 Å². The van der Waals surface area contributed by atoms with Gasteiger partial charge in [-0.05, 0) is 37.6 Å². The number of nitrogens with one attached hydrogen (secondary N) is 2. The van der Waals surface area contributed by atoms with E-state index in [1.807, 2.05) is 39.1 Å². The Hall–Kier alpha value is -1.55. The Balaban J connectivity index is 2.66. The van der Waals surface area contributed by atoms with E-state index in [0.29, 0.717) is 12.1 Å². The molecule has 0 aromatic heterocycles. The van der Waals surface area contributed by atoms with Crippen LogP contribution in [0, 0.1) is 6.92 Å². The molecule has 0 fully saturated rings. The summed E-state index contributed by atoms with van der Waals surface area (Å²) in [6.45, 7) is 4.40. The Kier molecular flexibility index (Phi) is 4.97. The first kappa shape index (κ1) is 13.5. The molecule has 0 aliphatic heterocycles. The molecule has 94 valence electrons. The fourth-order valence-corrected chi connectivity index (χ4v) is 1.51. The lowest BCUT2D eigenvalue weighted by Crippen LogP contribution is -2.31. The highest BCUT2D eigenvalue weighted by molar-refractivity contribution is 5.94. The SMILES string of the molecule is CNc1ccc(C(=O)NCC(C)OC)cc1C. The predicted octanol–water partition coefficient (Wildman–Crippen LogP) is 1.80. The van der Waals surface area contributed by atoms with Crippen molar-refractivity contribution in [3.05, 3.63) is 29.3 Å². The van der Waals surface area contributed by atoms with Gasteiger partial charge in [-0.3, -0.25) is 4.79 Å². The van der Waals surface area contributed by atoms with Gasteiger partial charge in [-0.25, -0.2) is 0 Å². The second-order valence-electron chi connectivity index (χ2n) is 4.04. The summed E-state index contributed by atoms with van der Waals surface area (Å²) in [5, 5.41) is 5.90. The van der Waals surface area contributed by atoms with Gasteiger partial charge in [-0.15, -0.1) is 0 Å². The Morgan fingerprint density at radius 3 is 2.71 bits per heavy atom. The maximum Gasteiger partial charge on any atom is 0.251 e. The molecule has 17 heavy (non-hydrogen) atoms. The monoisotopic (exact) mass is 236 g/mol. The molecular formula is C13H20N2O2. The fourth-order valence-electron chi connectivity index (χ4n) is 1.51. The van der Waals surface area contributed by atoms with Crippen LogP contribution in [0.4, 0.5) is 5.69 Å². The fraction of sp³-hybridized carbons (Fsp3) is 0.462. The zero-order valence-electron chi connectivity index (χ0n) is 10.8. The van der Waals surface area contributed by atoms with E-state index in [0.717, 1.165) is 11.3 Å². The van der Waals surface area contributed by atoms with Crippen molar-refractivity contribution in [3.8, 4) is 0 Å². The van der Waals surface area contributed by atoms with Crippen LogP contribution < -0.4 is 10.6 Å². The van der Waals surface area contributed by atoms with Crippen LogP contribution in [-0.4, -0.2) is 32.7 Å². The summed E-state index contributed by atoms with van der Waals surface area (Å²) in [5.41, 5.74) is 2.76. The minimum absolute atomic E-state index is 0.0247. The van der Waals surface area contributed by atoms with E-state index in [2.05, 4.69) is 10.6 Å². The molecule has 4 heteroatoms. The van der Waals surface area contributed by atoms with Gasteiger partial charge in [-0.2, -0.15) is 0 Å². The summed E-state index contributed by atoms with van der Waals surface area (Å²) in [7, 11) is 3.49. The van der Waals surface area contributed by atoms with Crippen LogP contribution >= 0.6 is 0 Å². The van der Waals surface area contributed by atoms with E-state index in [1.54, 1.807) is 7.11 Å². The highest BCUT2D eigenvalue weighted by Gasteiger charge is 2.08. The van der Waals surface area contributed by atoms with Crippen molar-refractivity contribution in [1.29, 1.82) is 0 Å². The molecule has 1 aromatic rings. The lowest BCUT2D eigenvalue weighted by atomic mass is 10.1. The second kappa shape index (κ2) is 6.25. The van der Waals surface area contributed by atoms with E-state index in [1.165, 1.54) is 0 Å². The molecule has 0 aliphatic rings. The van der Waals surface area contributed by atoms with Crippen LogP contribution in [-0.2, 0) is 4.74 Å². The average Bonchev–Trinajstić information content (AvgIpc) is 2.35. The predicted molar refractivity (Wildman–Crippen MR) is 69.5 cm³/mol. The van der Waals surface area contributed by atoms with Crippen LogP contribution in [0.5, 0.6) is 0 Å². The molecule has 0 spiro atoms. The van der Waals surface area contributed by atoms with Crippen LogP contribution in [0.25, 0.3) is 0 Å². The average molecular weight is 236 g/mol. The number of ether oxygens (including phenoxy) is 1. The van der Waals surface area contributed by atoms with Crippen LogP contribution in [0.2, 0.25) is 0 Å². The molecule has 1 aromatic carbocycles. The molecule has 0 aliphatic carbocycles. The lowest BCUT2D eigenvalue weighted by molar-refractivity contribution is 0.0870. The van der Waals surface area contributed by atoms with E-state index in [9.17, 15) is 4.79 Å². The van der Waals surface area contributed by atoms with Crippen molar-refractivity contribution in [1.82, 2.24) is 5.32 Å². The summed E-state index contributed by atoms with van der Waals surface area (Å²) in [6.07, 6.45) is 0.0247. The molecule has 1 atom stereocenters. The van der Waals surface area contributed by atoms with E-state index >= 15 is 0 Å². The van der Waals surface area contributed by atoms with Crippen LogP contribution in [0.3, 0.4) is 0 Å². The van der Waals surface area contributed by atoms with Gasteiger partial charge in [0, 0.05) is 32.0 Å². The molecule has 0 saturated heterocycles. The number of rotatable bonds is 5. The van der Waals surface area contributed by atoms with Gasteiger partial charge >= 0.3 is 0 Å². The van der Waals surface area contributed by atoms with Crippen molar-refractivity contribution >= 4 is 11.6 Å². The molecule has 4 nitrogen and oxygen atoms in total. The third kappa shape index (κ3) is 3.75. The quantitative estimate of drug-likeness (QED) is 0.819. The number of amides is 1. The van der Waals surface area contributed by atoms with Crippen molar-refractivity contribution in [2.45, 2.75) is 20.0 Å². The number of hydrogen-bond acceptors (Lipinski definition) is 3. The molecule has 2 N–H and O–H groups in total. The smallest absolute Gasteiger partial charge is 0.251 e. The Labute approximate surface area is 102 Å². The summed E-state index contributed by atoms with van der Waals surface area (Å²) in [6, 6.07) is 5.59. The maximum atomic E-state index is 11.8. The summed E-state index contributed by atoms with van der Waals surface area (Å²) in [4.78, 5) is 11.8. The number of benzene rings is 1. The van der Waals surface area contributed by atoms with Gasteiger partial charge in [0.15, 0.2) is 0 Å². The minimum atomic E-state index is -0.0698. The van der Waals surface area contributed by atoms with Gasteiger partial charge in [0.2, 0.25) is 0 Å². The molecule has 0 bridgehead atoms. The highest BCUT2D eigenvalue weighted by Crippen LogP contribution is 2.15. The lowest BCUT2D eigenvalue weighted by Gasteiger charge is -2.12. The molecule has 0 saturated carbocycles. The van der Waals surface area contributed by atoms with Gasteiger partial charge in [0.25, 0.3) is 5.91 Å². The number of carbonyl (C=O) groups is 1. The normalized spacial score (nSPS) is 12.0. The zero-order chi connectivity index (χ0) is 12.8. The van der Waals surface area contributed by atoms with Gasteiger partial charge in [-0.1, -0.05) is 0 Å². The third-order valence-corrected chi connectivity index (χ3v) is 2.71. The Morgan fingerprint density at radius 1 is 1.47 bits per heavy atom. The number of methoxy groups -OCH3 is 1. The van der Waals surface area contributed by atoms with Crippen LogP contribution in [0.15, 0.2) is 18.2 Å². The molecule has 0 heterocycles. The molecule has 1 unspecified atom stereocenters. The van der Waals surface area contributed by atoms with Crippen molar-refractivity contribution in [2.24, 2.45) is 0 Å². The standard InChI is InChI=1S/C13H20N2O2/c1-9-7-11(5-6-12(9)14-3)13(16)15-8-10(2)17-4/h5-7,10,14H,8H2,1-4H3,(H,15,16). The number of anilines is 1. The Bertz CT molecular complexity index is 391. The first-order valence-corrected chi connectivity index (χ1v) is 5.68. The largest absolute Gasteiger partial charge is 0.388 e. The zero-order valence-corrected chi connectivity index (χ0v) is 10.8. The van der Waals surface area contributed by atoms with Crippen molar-refractivity contribution < 1.29 is 9.53 Å². The van der Waals surface area contributed by atoms with Gasteiger partial charge in [0.1, 0.15) is 0 Å². The summed E-state index contributed by atoms with van der Waals surface area (Å²) < 4.78 is 5.07. The Morgan fingerprint density at radius 2 is 2.18 bits per heavy atom. The first-order chi connectivity index (χ1) is 8.08. The van der Waals surface area contributed by atoms with Crippen molar-refractivity contribution in [2.75, 3.05) is 26.0 Å². The van der Waals surface area contributed by atoms with E-state index in [-0.39, 0.29) is 12.0 Å². The summed E-state index contributed by atoms with van der Waals surface area (Å²) in [5.74, 6) is -0.0698.